The highest BCUT2D eigenvalue weighted by Crippen LogP contribution is 2.19. The lowest BCUT2D eigenvalue weighted by molar-refractivity contribution is -0.141. The van der Waals surface area contributed by atoms with Crippen LogP contribution in [0.4, 0.5) is 0 Å². The Hall–Kier alpha value is -2.62. The highest BCUT2D eigenvalue weighted by molar-refractivity contribution is 5.83. The number of nitrogens with one attached hydrogen (secondary N) is 1. The summed E-state index contributed by atoms with van der Waals surface area (Å²) >= 11 is 0. The van der Waals surface area contributed by atoms with Crippen molar-refractivity contribution in [2.75, 3.05) is 0 Å². The summed E-state index contributed by atoms with van der Waals surface area (Å²) in [4.78, 5) is 23.5. The van der Waals surface area contributed by atoms with Crippen LogP contribution >= 0.6 is 0 Å². The molecule has 2 aromatic rings. The van der Waals surface area contributed by atoms with Crippen molar-refractivity contribution in [3.05, 3.63) is 71.8 Å². The van der Waals surface area contributed by atoms with E-state index in [-0.39, 0.29) is 18.2 Å². The summed E-state index contributed by atoms with van der Waals surface area (Å²) in [6.45, 7) is 2.07. The molecule has 0 aliphatic heterocycles. The van der Waals surface area contributed by atoms with E-state index in [9.17, 15) is 14.7 Å². The van der Waals surface area contributed by atoms with Crippen LogP contribution in [0.3, 0.4) is 0 Å². The SMILES string of the molecule is CC(CCC(=O)N[C@@H](Cc1ccccc1)C(=O)O)c1ccccc1. The van der Waals surface area contributed by atoms with Gasteiger partial charge in [-0.3, -0.25) is 4.79 Å². The third-order valence-electron chi connectivity index (χ3n) is 4.09. The van der Waals surface area contributed by atoms with Crippen LogP contribution in [0.2, 0.25) is 0 Å². The highest BCUT2D eigenvalue weighted by Gasteiger charge is 2.20. The quantitative estimate of drug-likeness (QED) is 0.782. The number of rotatable bonds is 8. The van der Waals surface area contributed by atoms with Crippen molar-refractivity contribution in [1.82, 2.24) is 5.32 Å². The van der Waals surface area contributed by atoms with Crippen molar-refractivity contribution >= 4 is 11.9 Å². The number of aliphatic carboxylic acids is 1. The maximum absolute atomic E-state index is 12.1. The van der Waals surface area contributed by atoms with Crippen molar-refractivity contribution < 1.29 is 14.7 Å². The van der Waals surface area contributed by atoms with Crippen LogP contribution < -0.4 is 5.32 Å². The Bertz CT molecular complexity index is 655. The van der Waals surface area contributed by atoms with Gasteiger partial charge in [-0.1, -0.05) is 67.6 Å². The van der Waals surface area contributed by atoms with Gasteiger partial charge in [0.2, 0.25) is 5.91 Å². The standard InChI is InChI=1S/C20H23NO3/c1-15(17-10-6-3-7-11-17)12-13-19(22)21-18(20(23)24)14-16-8-4-2-5-9-16/h2-11,15,18H,12-14H2,1H3,(H,21,22)(H,23,24)/t15?,18-/m0/s1. The summed E-state index contributed by atoms with van der Waals surface area (Å²) in [6.07, 6.45) is 1.29. The Balaban J connectivity index is 1.85. The number of carboxylic acid groups (broad SMARTS) is 1. The Kier molecular flexibility index (Phi) is 6.55. The minimum atomic E-state index is -1.01. The second-order valence-electron chi connectivity index (χ2n) is 6.00. The molecular formula is C20H23NO3. The molecule has 0 fully saturated rings. The Morgan fingerprint density at radius 3 is 2.17 bits per heavy atom. The minimum absolute atomic E-state index is 0.221. The summed E-state index contributed by atoms with van der Waals surface area (Å²) in [7, 11) is 0. The maximum Gasteiger partial charge on any atom is 0.326 e. The predicted octanol–water partition coefficient (Wildman–Crippen LogP) is 3.38. The average Bonchev–Trinajstić information content (AvgIpc) is 2.60. The first-order valence-electron chi connectivity index (χ1n) is 8.17. The topological polar surface area (TPSA) is 66.4 Å². The summed E-state index contributed by atoms with van der Waals surface area (Å²) < 4.78 is 0. The molecule has 0 heterocycles. The third kappa shape index (κ3) is 5.54. The average molecular weight is 325 g/mol. The molecule has 0 saturated carbocycles. The lowest BCUT2D eigenvalue weighted by Gasteiger charge is -2.16. The fourth-order valence-electron chi connectivity index (χ4n) is 2.61. The van der Waals surface area contributed by atoms with Crippen molar-refractivity contribution in [3.8, 4) is 0 Å². The molecule has 0 radical (unpaired) electrons. The first-order chi connectivity index (χ1) is 11.6. The summed E-state index contributed by atoms with van der Waals surface area (Å²) in [5, 5.41) is 12.0. The molecule has 1 unspecified atom stereocenters. The number of benzene rings is 2. The predicted molar refractivity (Wildman–Crippen MR) is 93.8 cm³/mol. The van der Waals surface area contributed by atoms with Gasteiger partial charge in [0, 0.05) is 12.8 Å². The molecule has 4 nitrogen and oxygen atoms in total. The van der Waals surface area contributed by atoms with Gasteiger partial charge in [0.25, 0.3) is 0 Å². The maximum atomic E-state index is 12.1. The van der Waals surface area contributed by atoms with Crippen molar-refractivity contribution in [3.63, 3.8) is 0 Å². The fourth-order valence-corrected chi connectivity index (χ4v) is 2.61. The largest absolute Gasteiger partial charge is 0.480 e. The molecule has 0 aliphatic rings. The molecule has 0 aromatic heterocycles. The van der Waals surface area contributed by atoms with Crippen LogP contribution in [0, 0.1) is 0 Å². The van der Waals surface area contributed by atoms with Gasteiger partial charge in [0.05, 0.1) is 0 Å². The smallest absolute Gasteiger partial charge is 0.326 e. The second-order valence-corrected chi connectivity index (χ2v) is 6.00. The van der Waals surface area contributed by atoms with Crippen LogP contribution in [0.1, 0.15) is 36.8 Å². The molecule has 2 N–H and O–H groups in total. The fraction of sp³-hybridized carbons (Fsp3) is 0.300. The Morgan fingerprint density at radius 2 is 1.58 bits per heavy atom. The zero-order valence-corrected chi connectivity index (χ0v) is 13.8. The van der Waals surface area contributed by atoms with E-state index in [1.165, 1.54) is 5.56 Å². The molecule has 0 aliphatic carbocycles. The molecule has 2 rings (SSSR count). The normalized spacial score (nSPS) is 13.0. The van der Waals surface area contributed by atoms with E-state index < -0.39 is 12.0 Å². The van der Waals surface area contributed by atoms with E-state index >= 15 is 0 Å². The molecule has 2 atom stereocenters. The molecule has 24 heavy (non-hydrogen) atoms. The van der Waals surface area contributed by atoms with Crippen molar-refractivity contribution in [2.45, 2.75) is 38.1 Å². The number of amides is 1. The molecule has 1 amide bonds. The van der Waals surface area contributed by atoms with Gasteiger partial charge in [-0.25, -0.2) is 4.79 Å². The van der Waals surface area contributed by atoms with E-state index in [1.807, 2.05) is 60.7 Å². The van der Waals surface area contributed by atoms with Crippen LogP contribution in [0.5, 0.6) is 0 Å². The number of hydrogen-bond acceptors (Lipinski definition) is 2. The van der Waals surface area contributed by atoms with Gasteiger partial charge in [-0.15, -0.1) is 0 Å². The summed E-state index contributed by atoms with van der Waals surface area (Å²) in [5.74, 6) is -0.973. The van der Waals surface area contributed by atoms with E-state index in [1.54, 1.807) is 0 Å². The van der Waals surface area contributed by atoms with Crippen LogP contribution in [-0.2, 0) is 16.0 Å². The zero-order valence-electron chi connectivity index (χ0n) is 13.8. The molecule has 2 aromatic carbocycles. The number of carboxylic acids is 1. The second kappa shape index (κ2) is 8.87. The van der Waals surface area contributed by atoms with Crippen LogP contribution in [0.15, 0.2) is 60.7 Å². The molecule has 0 spiro atoms. The Labute approximate surface area is 142 Å². The molecule has 4 heteroatoms. The first-order valence-corrected chi connectivity index (χ1v) is 8.17. The van der Waals surface area contributed by atoms with Gasteiger partial charge in [-0.2, -0.15) is 0 Å². The number of carbonyl (C=O) groups is 2. The number of hydrogen-bond donors (Lipinski definition) is 2. The minimum Gasteiger partial charge on any atom is -0.480 e. The van der Waals surface area contributed by atoms with E-state index in [2.05, 4.69) is 12.2 Å². The van der Waals surface area contributed by atoms with Gasteiger partial charge in [0.15, 0.2) is 0 Å². The van der Waals surface area contributed by atoms with E-state index in [0.29, 0.717) is 12.8 Å². The molecule has 0 bridgehead atoms. The summed E-state index contributed by atoms with van der Waals surface area (Å²) in [5.41, 5.74) is 2.08. The molecule has 0 saturated heterocycles. The van der Waals surface area contributed by atoms with Gasteiger partial charge < -0.3 is 10.4 Å². The zero-order chi connectivity index (χ0) is 17.4. The van der Waals surface area contributed by atoms with Gasteiger partial charge >= 0.3 is 5.97 Å². The van der Waals surface area contributed by atoms with Crippen molar-refractivity contribution in [1.29, 1.82) is 0 Å². The van der Waals surface area contributed by atoms with Crippen LogP contribution in [0.25, 0.3) is 0 Å². The lowest BCUT2D eigenvalue weighted by Crippen LogP contribution is -2.42. The van der Waals surface area contributed by atoms with Gasteiger partial charge in [0.1, 0.15) is 6.04 Å². The van der Waals surface area contributed by atoms with Crippen LogP contribution in [-0.4, -0.2) is 23.0 Å². The van der Waals surface area contributed by atoms with E-state index in [4.69, 9.17) is 0 Å². The Morgan fingerprint density at radius 1 is 1.00 bits per heavy atom. The molecular weight excluding hydrogens is 302 g/mol. The van der Waals surface area contributed by atoms with Gasteiger partial charge in [-0.05, 0) is 23.5 Å². The number of carbonyl (C=O) groups excluding carboxylic acids is 1. The highest BCUT2D eigenvalue weighted by atomic mass is 16.4. The van der Waals surface area contributed by atoms with E-state index in [0.717, 1.165) is 5.56 Å². The lowest BCUT2D eigenvalue weighted by atomic mass is 9.96. The molecule has 126 valence electrons. The monoisotopic (exact) mass is 325 g/mol. The first kappa shape index (κ1) is 17.7. The third-order valence-corrected chi connectivity index (χ3v) is 4.09. The van der Waals surface area contributed by atoms with Crippen molar-refractivity contribution in [2.24, 2.45) is 0 Å². The summed E-state index contributed by atoms with van der Waals surface area (Å²) in [6, 6.07) is 18.4.